The molecule has 4 nitrogen and oxygen atoms in total. The Morgan fingerprint density at radius 1 is 1.04 bits per heavy atom. The molecule has 6 heteroatoms. The average molecular weight is 356 g/mol. The van der Waals surface area contributed by atoms with Crippen LogP contribution in [0.15, 0.2) is 37.0 Å². The lowest BCUT2D eigenvalue weighted by Gasteiger charge is -2.28. The summed E-state index contributed by atoms with van der Waals surface area (Å²) >= 11 is 0. The molecule has 0 aromatic carbocycles. The molecule has 0 N–H and O–H groups in total. The van der Waals surface area contributed by atoms with E-state index < -0.39 is 18.5 Å². The summed E-state index contributed by atoms with van der Waals surface area (Å²) in [7, 11) is 0. The third-order valence-corrected chi connectivity index (χ3v) is 4.57. The summed E-state index contributed by atoms with van der Waals surface area (Å²) in [5, 5.41) is 0. The number of halogens is 2. The molecule has 1 aliphatic carbocycles. The molecule has 25 heavy (non-hydrogen) atoms. The molecule has 0 radical (unpaired) electrons. The first kappa shape index (κ1) is 19.8. The maximum absolute atomic E-state index is 11.9. The van der Waals surface area contributed by atoms with Gasteiger partial charge in [-0.05, 0) is 50.0 Å². The normalized spacial score (nSPS) is 30.0. The fraction of sp³-hybridized carbons (Fsp3) is 0.632. The highest BCUT2D eigenvalue weighted by molar-refractivity contribution is 5.69. The predicted molar refractivity (Wildman–Crippen MR) is 89.6 cm³/mol. The second-order valence-electron chi connectivity index (χ2n) is 6.53. The fourth-order valence-corrected chi connectivity index (χ4v) is 3.03. The minimum absolute atomic E-state index is 0.0622. The molecule has 0 spiro atoms. The Kier molecular flexibility index (Phi) is 8.28. The predicted octanol–water partition coefficient (Wildman–Crippen LogP) is 4.59. The summed E-state index contributed by atoms with van der Waals surface area (Å²) in [6, 6.07) is 0. The zero-order chi connectivity index (χ0) is 18.1. The van der Waals surface area contributed by atoms with Crippen LogP contribution in [-0.4, -0.2) is 25.7 Å². The Morgan fingerprint density at radius 3 is 2.24 bits per heavy atom. The van der Waals surface area contributed by atoms with Crippen molar-refractivity contribution in [1.29, 1.82) is 0 Å². The van der Waals surface area contributed by atoms with E-state index >= 15 is 0 Å². The van der Waals surface area contributed by atoms with Crippen molar-refractivity contribution < 1.29 is 27.8 Å². The van der Waals surface area contributed by atoms with Gasteiger partial charge in [0.25, 0.3) is 6.08 Å². The van der Waals surface area contributed by atoms with Crippen molar-refractivity contribution in [1.82, 2.24) is 0 Å². The molecular formula is C19H26F2O4. The van der Waals surface area contributed by atoms with E-state index in [-0.39, 0.29) is 18.8 Å². The topological polar surface area (TPSA) is 44.8 Å². The molecule has 2 fully saturated rings. The molecular weight excluding hydrogens is 330 g/mol. The summed E-state index contributed by atoms with van der Waals surface area (Å²) in [4.78, 5) is 11.5. The first-order valence-electron chi connectivity index (χ1n) is 8.81. The van der Waals surface area contributed by atoms with Crippen molar-refractivity contribution in [2.24, 2.45) is 17.8 Å². The summed E-state index contributed by atoms with van der Waals surface area (Å²) < 4.78 is 39.4. The Balaban J connectivity index is 1.62. The Labute approximate surface area is 147 Å². The molecule has 1 saturated heterocycles. The summed E-state index contributed by atoms with van der Waals surface area (Å²) in [6.07, 6.45) is 9.83. The standard InChI is InChI=1S/C19H26F2O4/c1-2-14-6-8-15(9-7-14)10-11-16-12-23-19(24-13-16)25-18(22)5-3-4-17(20)21/h2,4,10-11,14-16,19H,1,3,5-9,12-13H2. The van der Waals surface area contributed by atoms with Gasteiger partial charge in [-0.3, -0.25) is 4.79 Å². The first-order chi connectivity index (χ1) is 12.1. The highest BCUT2D eigenvalue weighted by atomic mass is 19.3. The number of carbonyl (C=O) groups excluding carboxylic acids is 1. The van der Waals surface area contributed by atoms with Crippen LogP contribution in [0.2, 0.25) is 0 Å². The van der Waals surface area contributed by atoms with Crippen LogP contribution in [0.3, 0.4) is 0 Å². The third kappa shape index (κ3) is 7.48. The zero-order valence-electron chi connectivity index (χ0n) is 14.4. The molecule has 0 amide bonds. The van der Waals surface area contributed by atoms with E-state index in [1.807, 2.05) is 0 Å². The van der Waals surface area contributed by atoms with Gasteiger partial charge in [-0.1, -0.05) is 18.2 Å². The highest BCUT2D eigenvalue weighted by Gasteiger charge is 2.24. The van der Waals surface area contributed by atoms with Crippen LogP contribution in [-0.2, 0) is 19.0 Å². The van der Waals surface area contributed by atoms with Gasteiger partial charge in [-0.2, -0.15) is 8.78 Å². The molecule has 1 heterocycles. The van der Waals surface area contributed by atoms with Crippen molar-refractivity contribution in [3.8, 4) is 0 Å². The first-order valence-corrected chi connectivity index (χ1v) is 8.81. The summed E-state index contributed by atoms with van der Waals surface area (Å²) in [5.41, 5.74) is 0. The summed E-state index contributed by atoms with van der Waals surface area (Å²) in [6.45, 7) is 3.64. The molecule has 0 unspecified atom stereocenters. The van der Waals surface area contributed by atoms with Crippen LogP contribution in [0.4, 0.5) is 8.78 Å². The third-order valence-electron chi connectivity index (χ3n) is 4.57. The number of carbonyl (C=O) groups is 1. The average Bonchev–Trinajstić information content (AvgIpc) is 2.61. The number of allylic oxidation sites excluding steroid dienone is 3. The largest absolute Gasteiger partial charge is 0.410 e. The van der Waals surface area contributed by atoms with E-state index in [4.69, 9.17) is 14.2 Å². The Bertz CT molecular complexity index is 484. The van der Waals surface area contributed by atoms with Gasteiger partial charge in [0.1, 0.15) is 0 Å². The van der Waals surface area contributed by atoms with E-state index in [1.54, 1.807) is 0 Å². The van der Waals surface area contributed by atoms with E-state index in [1.165, 1.54) is 25.7 Å². The van der Waals surface area contributed by atoms with Crippen LogP contribution >= 0.6 is 0 Å². The van der Waals surface area contributed by atoms with Crippen molar-refractivity contribution in [2.45, 2.75) is 45.0 Å². The second kappa shape index (κ2) is 10.5. The summed E-state index contributed by atoms with van der Waals surface area (Å²) in [5.74, 6) is 0.764. The van der Waals surface area contributed by atoms with Crippen molar-refractivity contribution >= 4 is 5.97 Å². The van der Waals surface area contributed by atoms with Crippen molar-refractivity contribution in [3.63, 3.8) is 0 Å². The van der Waals surface area contributed by atoms with Crippen molar-refractivity contribution in [3.05, 3.63) is 37.0 Å². The van der Waals surface area contributed by atoms with Crippen LogP contribution in [0.5, 0.6) is 0 Å². The molecule has 0 aromatic heterocycles. The lowest BCUT2D eigenvalue weighted by Crippen LogP contribution is -2.34. The van der Waals surface area contributed by atoms with Crippen LogP contribution in [0.1, 0.15) is 38.5 Å². The maximum atomic E-state index is 11.9. The SMILES string of the molecule is C=CC1CCC(C=CC2COC(OC(=O)CCC=C(F)F)OC2)CC1. The molecule has 1 saturated carbocycles. The van der Waals surface area contributed by atoms with Gasteiger partial charge < -0.3 is 14.2 Å². The lowest BCUT2D eigenvalue weighted by atomic mass is 9.81. The van der Waals surface area contributed by atoms with Crippen LogP contribution < -0.4 is 0 Å². The monoisotopic (exact) mass is 356 g/mol. The van der Waals surface area contributed by atoms with Gasteiger partial charge in [-0.25, -0.2) is 0 Å². The number of hydrogen-bond acceptors (Lipinski definition) is 4. The molecule has 2 rings (SSSR count). The van der Waals surface area contributed by atoms with Gasteiger partial charge >= 0.3 is 12.4 Å². The van der Waals surface area contributed by atoms with Crippen LogP contribution in [0.25, 0.3) is 0 Å². The van der Waals surface area contributed by atoms with Crippen molar-refractivity contribution in [2.75, 3.05) is 13.2 Å². The number of hydrogen-bond donors (Lipinski definition) is 0. The van der Waals surface area contributed by atoms with E-state index in [2.05, 4.69) is 24.8 Å². The molecule has 1 aliphatic heterocycles. The van der Waals surface area contributed by atoms with Gasteiger partial charge in [0, 0.05) is 12.3 Å². The minimum atomic E-state index is -1.80. The minimum Gasteiger partial charge on any atom is -0.410 e. The van der Waals surface area contributed by atoms with Gasteiger partial charge in [0.2, 0.25) is 0 Å². The van der Waals surface area contributed by atoms with Gasteiger partial charge in [0.15, 0.2) is 0 Å². The van der Waals surface area contributed by atoms with E-state index in [0.29, 0.717) is 31.1 Å². The smallest absolute Gasteiger partial charge is 0.318 e. The maximum Gasteiger partial charge on any atom is 0.318 e. The zero-order valence-corrected chi connectivity index (χ0v) is 14.4. The van der Waals surface area contributed by atoms with Gasteiger partial charge in [-0.15, -0.1) is 6.58 Å². The highest BCUT2D eigenvalue weighted by Crippen LogP contribution is 2.30. The van der Waals surface area contributed by atoms with Gasteiger partial charge in [0.05, 0.1) is 13.2 Å². The lowest BCUT2D eigenvalue weighted by molar-refractivity contribution is -0.304. The second-order valence-corrected chi connectivity index (χ2v) is 6.53. The van der Waals surface area contributed by atoms with E-state index in [0.717, 1.165) is 0 Å². The quantitative estimate of drug-likeness (QED) is 0.494. The van der Waals surface area contributed by atoms with E-state index in [9.17, 15) is 13.6 Å². The molecule has 140 valence electrons. The molecule has 0 atom stereocenters. The molecule has 2 aliphatic rings. The Hall–Kier alpha value is -1.53. The molecule has 0 bridgehead atoms. The van der Waals surface area contributed by atoms with Crippen LogP contribution in [0, 0.1) is 17.8 Å². The number of ether oxygens (including phenoxy) is 3. The Morgan fingerprint density at radius 2 is 1.64 bits per heavy atom. The number of esters is 1. The number of rotatable bonds is 7. The fourth-order valence-electron chi connectivity index (χ4n) is 3.03. The molecule has 0 aromatic rings.